The largest absolute Gasteiger partial charge is 0.359 e. The third-order valence-corrected chi connectivity index (χ3v) is 2.75. The molecule has 0 aliphatic heterocycles. The summed E-state index contributed by atoms with van der Waals surface area (Å²) >= 11 is 0. The highest BCUT2D eigenvalue weighted by molar-refractivity contribution is 8.13. The molecule has 0 aliphatic rings. The molecule has 0 fully saturated rings. The summed E-state index contributed by atoms with van der Waals surface area (Å²) in [5, 5.41) is 3.90. The zero-order valence-electron chi connectivity index (χ0n) is 7.28. The van der Waals surface area contributed by atoms with Gasteiger partial charge in [-0.1, -0.05) is 5.16 Å². The molecule has 15 heavy (non-hydrogen) atoms. The van der Waals surface area contributed by atoms with Crippen LogP contribution in [0, 0.1) is 5.82 Å². The molecule has 0 unspecified atom stereocenters. The van der Waals surface area contributed by atoms with Crippen LogP contribution in [0.2, 0.25) is 0 Å². The number of rotatable bonds is 2. The average Bonchev–Trinajstić information content (AvgIpc) is 2.46. The van der Waals surface area contributed by atoms with E-state index in [1.807, 2.05) is 0 Å². The molecule has 80 valence electrons. The van der Waals surface area contributed by atoms with Crippen molar-refractivity contribution < 1.29 is 17.3 Å². The second-order valence-corrected chi connectivity index (χ2v) is 5.73. The Morgan fingerprint density at radius 2 is 2.20 bits per heavy atom. The van der Waals surface area contributed by atoms with Gasteiger partial charge in [0.15, 0.2) is 5.76 Å². The fourth-order valence-corrected chi connectivity index (χ4v) is 2.04. The zero-order chi connectivity index (χ0) is 11.1. The minimum Gasteiger partial charge on any atom is -0.359 e. The molecule has 0 saturated heterocycles. The Morgan fingerprint density at radius 1 is 1.47 bits per heavy atom. The van der Waals surface area contributed by atoms with Crippen LogP contribution < -0.4 is 0 Å². The molecule has 0 amide bonds. The van der Waals surface area contributed by atoms with E-state index in [1.54, 1.807) is 0 Å². The second-order valence-electron chi connectivity index (χ2n) is 2.95. The summed E-state index contributed by atoms with van der Waals surface area (Å²) in [5.41, 5.74) is 0.395. The van der Waals surface area contributed by atoms with Crippen molar-refractivity contribution in [3.63, 3.8) is 0 Å². The minimum absolute atomic E-state index is 0.0412. The number of nitrogens with zero attached hydrogens (tertiary/aromatic N) is 1. The van der Waals surface area contributed by atoms with E-state index < -0.39 is 20.6 Å². The third kappa shape index (κ3) is 2.27. The fraction of sp³-hybridized carbons (Fsp3) is 0.125. The van der Waals surface area contributed by atoms with E-state index in [4.69, 9.17) is 15.2 Å². The molecule has 0 radical (unpaired) electrons. The topological polar surface area (TPSA) is 60.2 Å². The first-order valence-electron chi connectivity index (χ1n) is 3.92. The number of halogens is 2. The van der Waals surface area contributed by atoms with Gasteiger partial charge in [-0.3, -0.25) is 0 Å². The Labute approximate surface area is 89.0 Å². The predicted molar refractivity (Wildman–Crippen MR) is 52.4 cm³/mol. The lowest BCUT2D eigenvalue weighted by Crippen LogP contribution is -1.93. The normalized spacial score (nSPS) is 12.1. The van der Waals surface area contributed by atoms with E-state index in [0.29, 0.717) is 10.9 Å². The summed E-state index contributed by atoms with van der Waals surface area (Å²) in [5.74, 6) is -0.951. The number of aromatic nitrogens is 1. The molecule has 0 atom stereocenters. The van der Waals surface area contributed by atoms with Crippen molar-refractivity contribution in [3.05, 3.63) is 29.8 Å². The van der Waals surface area contributed by atoms with Crippen LogP contribution in [-0.4, -0.2) is 13.6 Å². The van der Waals surface area contributed by atoms with Crippen LogP contribution >= 0.6 is 10.7 Å². The van der Waals surface area contributed by atoms with Gasteiger partial charge in [-0.2, -0.15) is 0 Å². The highest BCUT2D eigenvalue weighted by Gasteiger charge is 2.15. The highest BCUT2D eigenvalue weighted by atomic mass is 35.7. The first kappa shape index (κ1) is 10.4. The summed E-state index contributed by atoms with van der Waals surface area (Å²) < 4.78 is 39.3. The van der Waals surface area contributed by atoms with Crippen LogP contribution in [-0.2, 0) is 14.8 Å². The van der Waals surface area contributed by atoms with Crippen LogP contribution in [0.4, 0.5) is 4.39 Å². The molecular weight excluding hydrogens is 245 g/mol. The first-order valence-corrected chi connectivity index (χ1v) is 6.40. The molecule has 1 heterocycles. The van der Waals surface area contributed by atoms with Gasteiger partial charge in [-0.15, -0.1) is 0 Å². The molecule has 0 N–H and O–H groups in total. The van der Waals surface area contributed by atoms with Crippen molar-refractivity contribution in [2.24, 2.45) is 0 Å². The maximum Gasteiger partial charge on any atom is 0.240 e. The smallest absolute Gasteiger partial charge is 0.240 e. The van der Waals surface area contributed by atoms with Crippen molar-refractivity contribution in [1.82, 2.24) is 5.16 Å². The van der Waals surface area contributed by atoms with E-state index in [1.165, 1.54) is 12.1 Å². The Balaban J connectivity index is 2.57. The van der Waals surface area contributed by atoms with E-state index >= 15 is 0 Å². The van der Waals surface area contributed by atoms with Gasteiger partial charge in [0.2, 0.25) is 9.05 Å². The van der Waals surface area contributed by atoms with Gasteiger partial charge in [0.1, 0.15) is 17.1 Å². The molecule has 2 aromatic rings. The third-order valence-electron chi connectivity index (χ3n) is 1.82. The van der Waals surface area contributed by atoms with E-state index in [9.17, 15) is 12.8 Å². The monoisotopic (exact) mass is 249 g/mol. The lowest BCUT2D eigenvalue weighted by atomic mass is 10.2. The van der Waals surface area contributed by atoms with E-state index in [2.05, 4.69) is 5.16 Å². The lowest BCUT2D eigenvalue weighted by molar-refractivity contribution is 0.401. The molecule has 0 aliphatic carbocycles. The van der Waals surface area contributed by atoms with Crippen LogP contribution in [0.3, 0.4) is 0 Å². The standard InChI is InChI=1S/C8H5ClFNO3S/c9-15(12,13)4-8-6-3-5(10)1-2-7(6)11-14-8/h1-3H,4H2. The van der Waals surface area contributed by atoms with Crippen molar-refractivity contribution in [2.45, 2.75) is 5.75 Å². The van der Waals surface area contributed by atoms with Gasteiger partial charge in [-0.25, -0.2) is 12.8 Å². The first-order chi connectivity index (χ1) is 6.96. The van der Waals surface area contributed by atoms with Gasteiger partial charge in [0.05, 0.1) is 0 Å². The summed E-state index contributed by atoms with van der Waals surface area (Å²) in [6, 6.07) is 3.77. The van der Waals surface area contributed by atoms with Crippen molar-refractivity contribution in [3.8, 4) is 0 Å². The van der Waals surface area contributed by atoms with Crippen molar-refractivity contribution in [2.75, 3.05) is 0 Å². The maximum atomic E-state index is 12.9. The molecule has 0 spiro atoms. The molecular formula is C8H5ClFNO3S. The lowest BCUT2D eigenvalue weighted by Gasteiger charge is -1.92. The highest BCUT2D eigenvalue weighted by Crippen LogP contribution is 2.22. The molecule has 2 rings (SSSR count). The Hall–Kier alpha value is -1.14. The summed E-state index contributed by atoms with van der Waals surface area (Å²) in [4.78, 5) is 0. The van der Waals surface area contributed by atoms with Crippen LogP contribution in [0.1, 0.15) is 5.76 Å². The fourth-order valence-electron chi connectivity index (χ4n) is 1.23. The van der Waals surface area contributed by atoms with Crippen LogP contribution in [0.25, 0.3) is 10.9 Å². The van der Waals surface area contributed by atoms with Gasteiger partial charge < -0.3 is 4.52 Å². The summed E-state index contributed by atoms with van der Waals surface area (Å²) in [6.07, 6.45) is 0. The van der Waals surface area contributed by atoms with Gasteiger partial charge in [-0.05, 0) is 18.2 Å². The van der Waals surface area contributed by atoms with Gasteiger partial charge >= 0.3 is 0 Å². The second kappa shape index (κ2) is 3.46. The molecule has 1 aromatic carbocycles. The molecule has 4 nitrogen and oxygen atoms in total. The summed E-state index contributed by atoms with van der Waals surface area (Å²) in [6.45, 7) is 0. The van der Waals surface area contributed by atoms with E-state index in [-0.39, 0.29) is 5.76 Å². The SMILES string of the molecule is O=S(=O)(Cl)Cc1onc2ccc(F)cc12. The average molecular weight is 250 g/mol. The van der Waals surface area contributed by atoms with Crippen molar-refractivity contribution >= 4 is 30.6 Å². The minimum atomic E-state index is -3.74. The van der Waals surface area contributed by atoms with Crippen LogP contribution in [0.15, 0.2) is 22.7 Å². The molecule has 1 aromatic heterocycles. The molecule has 0 saturated carbocycles. The zero-order valence-corrected chi connectivity index (χ0v) is 8.85. The number of hydrogen-bond donors (Lipinski definition) is 0. The molecule has 0 bridgehead atoms. The molecule has 7 heteroatoms. The number of benzene rings is 1. The van der Waals surface area contributed by atoms with Gasteiger partial charge in [0, 0.05) is 16.1 Å². The van der Waals surface area contributed by atoms with Crippen molar-refractivity contribution in [1.29, 1.82) is 0 Å². The number of hydrogen-bond acceptors (Lipinski definition) is 4. The Kier molecular flexibility index (Phi) is 2.40. The Bertz CT molecular complexity index is 607. The quantitative estimate of drug-likeness (QED) is 0.764. The van der Waals surface area contributed by atoms with Crippen LogP contribution in [0.5, 0.6) is 0 Å². The predicted octanol–water partition coefficient (Wildman–Crippen LogP) is 2.04. The van der Waals surface area contributed by atoms with Gasteiger partial charge in [0.25, 0.3) is 0 Å². The maximum absolute atomic E-state index is 12.9. The van der Waals surface area contributed by atoms with E-state index in [0.717, 1.165) is 6.07 Å². The number of fused-ring (bicyclic) bond motifs is 1. The Morgan fingerprint density at radius 3 is 2.87 bits per heavy atom. The summed E-state index contributed by atoms with van der Waals surface area (Å²) in [7, 11) is 1.32.